The number of rotatable bonds is 4. The third-order valence-corrected chi connectivity index (χ3v) is 5.95. The van der Waals surface area contributed by atoms with Gasteiger partial charge in [0, 0.05) is 26.1 Å². The van der Waals surface area contributed by atoms with Crippen LogP contribution in [0.2, 0.25) is 0 Å². The van der Waals surface area contributed by atoms with Crippen molar-refractivity contribution < 1.29 is 14.7 Å². The van der Waals surface area contributed by atoms with Crippen LogP contribution in [0, 0.1) is 11.3 Å². The molecule has 2 fully saturated rings. The SMILES string of the molecule is O=C(CCn1cnc2ccccc2c1=O)N1C[C@@H]2CCC[C@@]2(C(=O)O)C1. The molecule has 1 saturated carbocycles. The van der Waals surface area contributed by atoms with E-state index in [1.54, 1.807) is 23.1 Å². The van der Waals surface area contributed by atoms with E-state index in [0.29, 0.717) is 23.9 Å². The van der Waals surface area contributed by atoms with E-state index in [1.807, 2.05) is 6.07 Å². The van der Waals surface area contributed by atoms with Gasteiger partial charge in [-0.05, 0) is 30.9 Å². The number of carbonyl (C=O) groups excluding carboxylic acids is 1. The quantitative estimate of drug-likeness (QED) is 0.897. The van der Waals surface area contributed by atoms with Gasteiger partial charge >= 0.3 is 5.97 Å². The zero-order valence-corrected chi connectivity index (χ0v) is 14.4. The zero-order valence-electron chi connectivity index (χ0n) is 14.4. The molecule has 136 valence electrons. The first kappa shape index (κ1) is 16.8. The number of hydrogen-bond acceptors (Lipinski definition) is 4. The van der Waals surface area contributed by atoms with Crippen LogP contribution in [0.5, 0.6) is 0 Å². The van der Waals surface area contributed by atoms with Crippen molar-refractivity contribution in [2.75, 3.05) is 13.1 Å². The highest BCUT2D eigenvalue weighted by atomic mass is 16.4. The Labute approximate surface area is 150 Å². The molecular weight excluding hydrogens is 334 g/mol. The molecule has 0 unspecified atom stereocenters. The number of hydrogen-bond donors (Lipinski definition) is 1. The summed E-state index contributed by atoms with van der Waals surface area (Å²) >= 11 is 0. The van der Waals surface area contributed by atoms with Crippen molar-refractivity contribution in [3.05, 3.63) is 40.9 Å². The minimum absolute atomic E-state index is 0.0500. The smallest absolute Gasteiger partial charge is 0.311 e. The van der Waals surface area contributed by atoms with Crippen LogP contribution in [0.25, 0.3) is 10.9 Å². The summed E-state index contributed by atoms with van der Waals surface area (Å²) in [6, 6.07) is 7.11. The van der Waals surface area contributed by atoms with Gasteiger partial charge < -0.3 is 10.0 Å². The van der Waals surface area contributed by atoms with Gasteiger partial charge in [-0.25, -0.2) is 4.98 Å². The summed E-state index contributed by atoms with van der Waals surface area (Å²) in [7, 11) is 0. The van der Waals surface area contributed by atoms with Gasteiger partial charge in [0.2, 0.25) is 5.91 Å². The van der Waals surface area contributed by atoms with Gasteiger partial charge in [0.15, 0.2) is 0 Å². The minimum atomic E-state index is -0.787. The number of benzene rings is 1. The molecule has 7 heteroatoms. The number of aryl methyl sites for hydroxylation is 1. The second-order valence-electron chi connectivity index (χ2n) is 7.33. The Hall–Kier alpha value is -2.70. The van der Waals surface area contributed by atoms with Crippen LogP contribution >= 0.6 is 0 Å². The normalized spacial score (nSPS) is 24.8. The van der Waals surface area contributed by atoms with Crippen molar-refractivity contribution in [2.24, 2.45) is 11.3 Å². The monoisotopic (exact) mass is 355 g/mol. The largest absolute Gasteiger partial charge is 0.481 e. The molecular formula is C19H21N3O4. The van der Waals surface area contributed by atoms with Crippen molar-refractivity contribution in [3.8, 4) is 0 Å². The molecule has 1 N–H and O–H groups in total. The average molecular weight is 355 g/mol. The van der Waals surface area contributed by atoms with Crippen molar-refractivity contribution in [1.82, 2.24) is 14.5 Å². The highest BCUT2D eigenvalue weighted by Gasteiger charge is 2.55. The fourth-order valence-corrected chi connectivity index (χ4v) is 4.47. The fraction of sp³-hybridized carbons (Fsp3) is 0.474. The predicted octanol–water partition coefficient (Wildman–Crippen LogP) is 1.50. The van der Waals surface area contributed by atoms with Crippen LogP contribution < -0.4 is 5.56 Å². The van der Waals surface area contributed by atoms with Gasteiger partial charge in [0.1, 0.15) is 0 Å². The van der Waals surface area contributed by atoms with Crippen LogP contribution in [0.3, 0.4) is 0 Å². The Balaban J connectivity index is 1.46. The molecule has 0 bridgehead atoms. The standard InChI is InChI=1S/C19H21N3O4/c23-16(22-10-13-4-3-8-19(13,11-22)18(25)26)7-9-21-12-20-15-6-2-1-5-14(15)17(21)24/h1-2,5-6,12-13H,3-4,7-11H2,(H,25,26)/t13-,19+/m0/s1. The van der Waals surface area contributed by atoms with Crippen molar-refractivity contribution in [3.63, 3.8) is 0 Å². The molecule has 1 aromatic heterocycles. The number of aromatic nitrogens is 2. The molecule has 2 aromatic rings. The van der Waals surface area contributed by atoms with Gasteiger partial charge in [-0.1, -0.05) is 18.6 Å². The maximum Gasteiger partial charge on any atom is 0.311 e. The summed E-state index contributed by atoms with van der Waals surface area (Å²) in [5.74, 6) is -0.834. The van der Waals surface area contributed by atoms with Crippen LogP contribution in [-0.4, -0.2) is 44.5 Å². The molecule has 1 aliphatic heterocycles. The molecule has 7 nitrogen and oxygen atoms in total. The molecule has 1 amide bonds. The average Bonchev–Trinajstić information content (AvgIpc) is 3.20. The van der Waals surface area contributed by atoms with E-state index >= 15 is 0 Å². The zero-order chi connectivity index (χ0) is 18.3. The maximum atomic E-state index is 12.6. The molecule has 2 atom stereocenters. The lowest BCUT2D eigenvalue weighted by Crippen LogP contribution is -2.37. The van der Waals surface area contributed by atoms with E-state index in [0.717, 1.165) is 12.8 Å². The Morgan fingerprint density at radius 2 is 2.12 bits per heavy atom. The topological polar surface area (TPSA) is 92.5 Å². The number of para-hydroxylation sites is 1. The number of carbonyl (C=O) groups is 2. The Bertz CT molecular complexity index is 938. The van der Waals surface area contributed by atoms with E-state index in [2.05, 4.69) is 4.98 Å². The molecule has 2 aliphatic rings. The number of carboxylic acids is 1. The van der Waals surface area contributed by atoms with Crippen molar-refractivity contribution in [1.29, 1.82) is 0 Å². The number of nitrogens with zero attached hydrogens (tertiary/aromatic N) is 3. The van der Waals surface area contributed by atoms with Crippen LogP contribution in [0.1, 0.15) is 25.7 Å². The Kier molecular flexibility index (Phi) is 4.01. The molecule has 0 spiro atoms. The number of aliphatic carboxylic acids is 1. The first-order chi connectivity index (χ1) is 12.5. The maximum absolute atomic E-state index is 12.6. The fourth-order valence-electron chi connectivity index (χ4n) is 4.47. The second-order valence-corrected chi connectivity index (χ2v) is 7.33. The summed E-state index contributed by atoms with van der Waals surface area (Å²) < 4.78 is 1.45. The number of likely N-dealkylation sites (tertiary alicyclic amines) is 1. The van der Waals surface area contributed by atoms with Crippen molar-refractivity contribution in [2.45, 2.75) is 32.2 Å². The number of amides is 1. The molecule has 2 heterocycles. The first-order valence-corrected chi connectivity index (χ1v) is 8.97. The first-order valence-electron chi connectivity index (χ1n) is 8.97. The molecule has 1 aromatic carbocycles. The molecule has 26 heavy (non-hydrogen) atoms. The lowest BCUT2D eigenvalue weighted by molar-refractivity contribution is -0.149. The van der Waals surface area contributed by atoms with Crippen LogP contribution in [0.15, 0.2) is 35.4 Å². The van der Waals surface area contributed by atoms with E-state index in [1.165, 1.54) is 10.9 Å². The summed E-state index contributed by atoms with van der Waals surface area (Å²) in [6.07, 6.45) is 4.06. The third-order valence-electron chi connectivity index (χ3n) is 5.95. The molecule has 1 aliphatic carbocycles. The van der Waals surface area contributed by atoms with Gasteiger partial charge in [-0.2, -0.15) is 0 Å². The third kappa shape index (κ3) is 2.58. The molecule has 4 rings (SSSR count). The lowest BCUT2D eigenvalue weighted by Gasteiger charge is -2.23. The summed E-state index contributed by atoms with van der Waals surface area (Å²) in [4.78, 5) is 42.7. The highest BCUT2D eigenvalue weighted by Crippen LogP contribution is 2.48. The predicted molar refractivity (Wildman–Crippen MR) is 94.6 cm³/mol. The molecule has 0 radical (unpaired) electrons. The summed E-state index contributed by atoms with van der Waals surface area (Å²) in [6.45, 7) is 1.05. The van der Waals surface area contributed by atoms with Crippen LogP contribution in [0.4, 0.5) is 0 Å². The summed E-state index contributed by atoms with van der Waals surface area (Å²) in [5.41, 5.74) is -0.295. The van der Waals surface area contributed by atoms with E-state index < -0.39 is 11.4 Å². The van der Waals surface area contributed by atoms with E-state index in [-0.39, 0.29) is 36.9 Å². The van der Waals surface area contributed by atoms with Crippen LogP contribution in [-0.2, 0) is 16.1 Å². The van der Waals surface area contributed by atoms with Gasteiger partial charge in [0.05, 0.1) is 22.6 Å². The van der Waals surface area contributed by atoms with Gasteiger partial charge in [-0.3, -0.25) is 19.0 Å². The van der Waals surface area contributed by atoms with Gasteiger partial charge in [0.25, 0.3) is 5.56 Å². The van der Waals surface area contributed by atoms with E-state index in [4.69, 9.17) is 0 Å². The second kappa shape index (κ2) is 6.23. The van der Waals surface area contributed by atoms with Crippen molar-refractivity contribution >= 4 is 22.8 Å². The molecule has 1 saturated heterocycles. The highest BCUT2D eigenvalue weighted by molar-refractivity contribution is 5.81. The number of fused-ring (bicyclic) bond motifs is 2. The lowest BCUT2D eigenvalue weighted by atomic mass is 9.81. The minimum Gasteiger partial charge on any atom is -0.481 e. The van der Waals surface area contributed by atoms with Gasteiger partial charge in [-0.15, -0.1) is 0 Å². The summed E-state index contributed by atoms with van der Waals surface area (Å²) in [5, 5.41) is 10.2. The Morgan fingerprint density at radius 1 is 1.31 bits per heavy atom. The number of carboxylic acid groups (broad SMARTS) is 1. The van der Waals surface area contributed by atoms with E-state index in [9.17, 15) is 19.5 Å². The Morgan fingerprint density at radius 3 is 2.88 bits per heavy atom.